The molecule has 1 N–H and O–H groups in total. The van der Waals surface area contributed by atoms with Crippen LogP contribution in [0.5, 0.6) is 0 Å². The number of hydroxylamine groups is 2. The summed E-state index contributed by atoms with van der Waals surface area (Å²) in [6, 6.07) is 4.09. The van der Waals surface area contributed by atoms with Crippen LogP contribution in [0.4, 0.5) is 13.2 Å². The summed E-state index contributed by atoms with van der Waals surface area (Å²) >= 11 is 0. The third-order valence-electron chi connectivity index (χ3n) is 5.89. The quantitative estimate of drug-likeness (QED) is 0.743. The first-order valence-electron chi connectivity index (χ1n) is 10.7. The number of rotatable bonds is 3. The normalized spacial score (nSPS) is 26.5. The molecular formula is C21H28F3N3O5. The molecule has 0 saturated carbocycles. The summed E-state index contributed by atoms with van der Waals surface area (Å²) in [6.45, 7) is 4.89. The van der Waals surface area contributed by atoms with Crippen molar-refractivity contribution >= 4 is 11.9 Å². The van der Waals surface area contributed by atoms with Gasteiger partial charge in [0.1, 0.15) is 0 Å². The highest BCUT2D eigenvalue weighted by Gasteiger charge is 2.43. The SMILES string of the molecule is O=C(O)C(F)(F)F.O=C([C@@H]1CCO[C@@H]2CCN(Cc3cccnc3)C[C@H]21)N1CCCCO1. The number of carbonyl (C=O) groups is 2. The van der Waals surface area contributed by atoms with E-state index in [4.69, 9.17) is 19.5 Å². The van der Waals surface area contributed by atoms with Gasteiger partial charge in [-0.3, -0.25) is 19.5 Å². The lowest BCUT2D eigenvalue weighted by Gasteiger charge is -2.45. The van der Waals surface area contributed by atoms with Crippen LogP contribution in [0, 0.1) is 11.8 Å². The molecule has 3 aliphatic rings. The molecule has 3 saturated heterocycles. The molecule has 4 heterocycles. The zero-order valence-electron chi connectivity index (χ0n) is 17.7. The molecule has 1 aromatic heterocycles. The Labute approximate surface area is 184 Å². The fraction of sp³-hybridized carbons (Fsp3) is 0.667. The Balaban J connectivity index is 0.000000360. The molecule has 0 spiro atoms. The predicted molar refractivity (Wildman–Crippen MR) is 106 cm³/mol. The number of amides is 1. The van der Waals surface area contributed by atoms with Gasteiger partial charge in [-0.05, 0) is 37.3 Å². The average molecular weight is 459 g/mol. The minimum atomic E-state index is -5.08. The molecule has 1 amide bonds. The number of likely N-dealkylation sites (tertiary alicyclic amines) is 1. The third-order valence-corrected chi connectivity index (χ3v) is 5.89. The van der Waals surface area contributed by atoms with Crippen molar-refractivity contribution in [3.8, 4) is 0 Å². The maximum absolute atomic E-state index is 13.0. The number of aromatic nitrogens is 1. The molecule has 0 aromatic carbocycles. The molecule has 178 valence electrons. The largest absolute Gasteiger partial charge is 0.490 e. The number of carboxylic acid groups (broad SMARTS) is 1. The van der Waals surface area contributed by atoms with Crippen LogP contribution in [-0.4, -0.2) is 77.1 Å². The number of pyridine rings is 1. The molecule has 0 bridgehead atoms. The van der Waals surface area contributed by atoms with Crippen LogP contribution >= 0.6 is 0 Å². The Hall–Kier alpha value is -2.24. The number of fused-ring (bicyclic) bond motifs is 1. The van der Waals surface area contributed by atoms with Crippen LogP contribution in [0.3, 0.4) is 0 Å². The van der Waals surface area contributed by atoms with Crippen molar-refractivity contribution in [2.75, 3.05) is 32.8 Å². The number of halogens is 3. The van der Waals surface area contributed by atoms with E-state index >= 15 is 0 Å². The van der Waals surface area contributed by atoms with Crippen LogP contribution in [0.15, 0.2) is 24.5 Å². The number of alkyl halides is 3. The fourth-order valence-corrected chi connectivity index (χ4v) is 4.34. The lowest BCUT2D eigenvalue weighted by atomic mass is 9.78. The number of nitrogens with zero attached hydrogens (tertiary/aromatic N) is 3. The zero-order chi connectivity index (χ0) is 23.1. The van der Waals surface area contributed by atoms with Crippen molar-refractivity contribution in [2.45, 2.75) is 44.5 Å². The smallest absolute Gasteiger partial charge is 0.475 e. The maximum atomic E-state index is 13.0. The summed E-state index contributed by atoms with van der Waals surface area (Å²) in [4.78, 5) is 34.1. The van der Waals surface area contributed by atoms with Gasteiger partial charge in [-0.1, -0.05) is 6.07 Å². The molecule has 0 radical (unpaired) electrons. The van der Waals surface area contributed by atoms with Gasteiger partial charge in [-0.15, -0.1) is 0 Å². The summed E-state index contributed by atoms with van der Waals surface area (Å²) in [6.07, 6.45) is 2.73. The van der Waals surface area contributed by atoms with Gasteiger partial charge >= 0.3 is 12.1 Å². The van der Waals surface area contributed by atoms with E-state index < -0.39 is 12.1 Å². The van der Waals surface area contributed by atoms with Gasteiger partial charge in [0.15, 0.2) is 0 Å². The van der Waals surface area contributed by atoms with Crippen molar-refractivity contribution in [2.24, 2.45) is 11.8 Å². The molecule has 0 aliphatic carbocycles. The van der Waals surface area contributed by atoms with Gasteiger partial charge in [-0.25, -0.2) is 9.86 Å². The van der Waals surface area contributed by atoms with Gasteiger partial charge in [0, 0.05) is 57.0 Å². The minimum Gasteiger partial charge on any atom is -0.475 e. The van der Waals surface area contributed by atoms with E-state index in [-0.39, 0.29) is 23.8 Å². The second-order valence-electron chi connectivity index (χ2n) is 8.14. The number of aliphatic carboxylic acids is 1. The van der Waals surface area contributed by atoms with Gasteiger partial charge < -0.3 is 9.84 Å². The van der Waals surface area contributed by atoms with E-state index in [2.05, 4.69) is 16.0 Å². The topological polar surface area (TPSA) is 92.2 Å². The molecule has 3 aliphatic heterocycles. The zero-order valence-corrected chi connectivity index (χ0v) is 17.7. The molecule has 32 heavy (non-hydrogen) atoms. The van der Waals surface area contributed by atoms with Crippen molar-refractivity contribution in [1.82, 2.24) is 14.9 Å². The van der Waals surface area contributed by atoms with E-state index in [1.54, 1.807) is 11.3 Å². The summed E-state index contributed by atoms with van der Waals surface area (Å²) in [5, 5.41) is 8.75. The van der Waals surface area contributed by atoms with Crippen LogP contribution in [-0.2, 0) is 25.7 Å². The Morgan fingerprint density at radius 3 is 2.59 bits per heavy atom. The lowest BCUT2D eigenvalue weighted by Crippen LogP contribution is -2.54. The summed E-state index contributed by atoms with van der Waals surface area (Å²) < 4.78 is 37.7. The average Bonchev–Trinajstić information content (AvgIpc) is 2.79. The van der Waals surface area contributed by atoms with E-state index in [1.807, 2.05) is 12.3 Å². The van der Waals surface area contributed by atoms with Gasteiger partial charge in [-0.2, -0.15) is 13.2 Å². The summed E-state index contributed by atoms with van der Waals surface area (Å²) in [5.41, 5.74) is 1.22. The summed E-state index contributed by atoms with van der Waals surface area (Å²) in [7, 11) is 0. The Morgan fingerprint density at radius 1 is 1.19 bits per heavy atom. The molecule has 0 unspecified atom stereocenters. The highest BCUT2D eigenvalue weighted by atomic mass is 19.4. The number of piperidine rings is 1. The lowest BCUT2D eigenvalue weighted by molar-refractivity contribution is -0.209. The Bertz CT molecular complexity index is 759. The second kappa shape index (κ2) is 11.1. The Morgan fingerprint density at radius 2 is 1.97 bits per heavy atom. The van der Waals surface area contributed by atoms with Crippen LogP contribution in [0.2, 0.25) is 0 Å². The molecule has 3 fully saturated rings. The third kappa shape index (κ3) is 6.63. The standard InChI is InChI=1S/C19H27N3O3.C2HF3O2/c23-19(22-8-1-2-10-25-22)16-6-11-24-18-5-9-21(14-17(16)18)13-15-4-3-7-20-12-15;3-2(4,5)1(6)7/h3-4,7,12,16-18H,1-2,5-6,8-11,13-14H2;(H,6,7)/t16-,17+,18-;/m1./s1. The molecule has 8 nitrogen and oxygen atoms in total. The van der Waals surface area contributed by atoms with Crippen LogP contribution in [0.25, 0.3) is 0 Å². The molecule has 11 heteroatoms. The first kappa shape index (κ1) is 24.4. The second-order valence-corrected chi connectivity index (χ2v) is 8.14. The fourth-order valence-electron chi connectivity index (χ4n) is 4.34. The minimum absolute atomic E-state index is 0.0218. The predicted octanol–water partition coefficient (Wildman–Crippen LogP) is 2.50. The van der Waals surface area contributed by atoms with E-state index in [0.29, 0.717) is 13.2 Å². The molecule has 1 aromatic rings. The molecule has 4 rings (SSSR count). The van der Waals surface area contributed by atoms with Gasteiger partial charge in [0.25, 0.3) is 0 Å². The molecular weight excluding hydrogens is 431 g/mol. The highest BCUT2D eigenvalue weighted by molar-refractivity contribution is 5.78. The maximum Gasteiger partial charge on any atom is 0.490 e. The first-order chi connectivity index (χ1) is 15.3. The van der Waals surface area contributed by atoms with Crippen molar-refractivity contribution < 1.29 is 37.4 Å². The number of hydrogen-bond donors (Lipinski definition) is 1. The monoisotopic (exact) mass is 459 g/mol. The van der Waals surface area contributed by atoms with Gasteiger partial charge in [0.2, 0.25) is 5.91 Å². The van der Waals surface area contributed by atoms with E-state index in [9.17, 15) is 18.0 Å². The van der Waals surface area contributed by atoms with Crippen LogP contribution < -0.4 is 0 Å². The number of carbonyl (C=O) groups excluding carboxylic acids is 1. The Kier molecular flexibility index (Phi) is 8.44. The number of carboxylic acids is 1. The highest BCUT2D eigenvalue weighted by Crippen LogP contribution is 2.35. The van der Waals surface area contributed by atoms with E-state index in [0.717, 1.165) is 51.9 Å². The van der Waals surface area contributed by atoms with Crippen LogP contribution in [0.1, 0.15) is 31.2 Å². The van der Waals surface area contributed by atoms with E-state index in [1.165, 1.54) is 5.56 Å². The van der Waals surface area contributed by atoms with Gasteiger partial charge in [0.05, 0.1) is 12.7 Å². The number of ether oxygens (including phenoxy) is 1. The van der Waals surface area contributed by atoms with Crippen molar-refractivity contribution in [1.29, 1.82) is 0 Å². The van der Waals surface area contributed by atoms with Crippen molar-refractivity contribution in [3.05, 3.63) is 30.1 Å². The number of hydrogen-bond acceptors (Lipinski definition) is 6. The van der Waals surface area contributed by atoms with Crippen molar-refractivity contribution in [3.63, 3.8) is 0 Å². The first-order valence-corrected chi connectivity index (χ1v) is 10.7. The summed E-state index contributed by atoms with van der Waals surface area (Å²) in [5.74, 6) is -2.31. The molecule has 3 atom stereocenters.